The summed E-state index contributed by atoms with van der Waals surface area (Å²) in [5.74, 6) is 0. The summed E-state index contributed by atoms with van der Waals surface area (Å²) in [6, 6.07) is 6.56. The van der Waals surface area contributed by atoms with Crippen molar-refractivity contribution < 1.29 is 26.7 Å². The van der Waals surface area contributed by atoms with Gasteiger partial charge in [0.1, 0.15) is 0 Å². The van der Waals surface area contributed by atoms with Crippen molar-refractivity contribution in [3.8, 4) is 0 Å². The number of benzene rings is 1. The Morgan fingerprint density at radius 1 is 1.21 bits per heavy atom. The zero-order valence-electron chi connectivity index (χ0n) is 10.1. The highest BCUT2D eigenvalue weighted by Gasteiger charge is 2.54. The van der Waals surface area contributed by atoms with E-state index in [1.807, 2.05) is 4.72 Å². The van der Waals surface area contributed by atoms with Crippen LogP contribution in [0.1, 0.15) is 12.0 Å². The number of hydrogen-bond donors (Lipinski definition) is 2. The molecular weight excluding hydrogens is 283 g/mol. The lowest BCUT2D eigenvalue weighted by molar-refractivity contribution is -0.268. The summed E-state index contributed by atoms with van der Waals surface area (Å²) in [5.41, 5.74) is -3.40. The van der Waals surface area contributed by atoms with Crippen LogP contribution in [0.25, 0.3) is 0 Å². The second-order valence-corrected chi connectivity index (χ2v) is 5.97. The molecule has 0 saturated carbocycles. The molecule has 108 valence electrons. The molecule has 1 aromatic carbocycles. The molecular formula is C11H14F3NO3S. The first-order valence-electron chi connectivity index (χ1n) is 5.35. The first-order chi connectivity index (χ1) is 8.56. The average molecular weight is 297 g/mol. The third-order valence-electron chi connectivity index (χ3n) is 2.57. The summed E-state index contributed by atoms with van der Waals surface area (Å²) < 4.78 is 62.5. The van der Waals surface area contributed by atoms with Gasteiger partial charge < -0.3 is 5.11 Å². The highest BCUT2D eigenvalue weighted by molar-refractivity contribution is 7.88. The Morgan fingerprint density at radius 2 is 1.74 bits per heavy atom. The van der Waals surface area contributed by atoms with E-state index < -0.39 is 34.8 Å². The smallest absolute Gasteiger partial charge is 0.376 e. The third kappa shape index (κ3) is 4.19. The van der Waals surface area contributed by atoms with Crippen molar-refractivity contribution >= 4 is 10.0 Å². The van der Waals surface area contributed by atoms with Gasteiger partial charge in [0.2, 0.25) is 10.0 Å². The van der Waals surface area contributed by atoms with Crippen molar-refractivity contribution in [2.24, 2.45) is 0 Å². The maximum Gasteiger partial charge on any atom is 0.421 e. The zero-order chi connectivity index (χ0) is 14.7. The largest absolute Gasteiger partial charge is 0.421 e. The molecule has 2 N–H and O–H groups in total. The summed E-state index contributed by atoms with van der Waals surface area (Å²) in [6.45, 7) is -0.510. The van der Waals surface area contributed by atoms with Crippen LogP contribution in [0.4, 0.5) is 13.2 Å². The Hall–Kier alpha value is -1.12. The summed E-state index contributed by atoms with van der Waals surface area (Å²) in [7, 11) is -3.60. The van der Waals surface area contributed by atoms with Gasteiger partial charge in [-0.25, -0.2) is 13.1 Å². The van der Waals surface area contributed by atoms with Crippen LogP contribution in [0.3, 0.4) is 0 Å². The maximum absolute atomic E-state index is 13.0. The SMILES string of the molecule is CS(=O)(=O)NCC[C@](O)(c1ccccc1)C(F)(F)F. The Bertz CT molecular complexity index is 516. The zero-order valence-corrected chi connectivity index (χ0v) is 10.9. The minimum atomic E-state index is -4.90. The quantitative estimate of drug-likeness (QED) is 0.863. The molecule has 0 fully saturated rings. The van der Waals surface area contributed by atoms with E-state index in [1.165, 1.54) is 18.2 Å². The molecule has 0 saturated heterocycles. The molecule has 1 aromatic rings. The Labute approximate surface area is 109 Å². The molecule has 0 aliphatic heterocycles. The van der Waals surface area contributed by atoms with Gasteiger partial charge in [-0.2, -0.15) is 13.2 Å². The molecule has 0 spiro atoms. The number of halogens is 3. The first-order valence-corrected chi connectivity index (χ1v) is 7.25. The molecule has 19 heavy (non-hydrogen) atoms. The van der Waals surface area contributed by atoms with Crippen molar-refractivity contribution in [2.45, 2.75) is 18.2 Å². The monoisotopic (exact) mass is 297 g/mol. The van der Waals surface area contributed by atoms with Crippen molar-refractivity contribution in [1.82, 2.24) is 4.72 Å². The summed E-state index contributed by atoms with van der Waals surface area (Å²) >= 11 is 0. The predicted molar refractivity (Wildman–Crippen MR) is 63.9 cm³/mol. The second-order valence-electron chi connectivity index (χ2n) is 4.14. The number of nitrogens with one attached hydrogen (secondary N) is 1. The van der Waals surface area contributed by atoms with E-state index in [4.69, 9.17) is 0 Å². The molecule has 0 amide bonds. The van der Waals surface area contributed by atoms with Crippen LogP contribution in [0.2, 0.25) is 0 Å². The van der Waals surface area contributed by atoms with Gasteiger partial charge in [0.15, 0.2) is 5.60 Å². The Balaban J connectivity index is 2.96. The molecule has 0 bridgehead atoms. The maximum atomic E-state index is 13.0. The van der Waals surface area contributed by atoms with Crippen LogP contribution in [0.15, 0.2) is 30.3 Å². The van der Waals surface area contributed by atoms with E-state index in [0.29, 0.717) is 0 Å². The normalized spacial score (nSPS) is 16.1. The Morgan fingerprint density at radius 3 is 2.16 bits per heavy atom. The van der Waals surface area contributed by atoms with Crippen molar-refractivity contribution in [1.29, 1.82) is 0 Å². The van der Waals surface area contributed by atoms with Gasteiger partial charge in [0.25, 0.3) is 0 Å². The van der Waals surface area contributed by atoms with E-state index in [9.17, 15) is 26.7 Å². The van der Waals surface area contributed by atoms with Gasteiger partial charge in [0, 0.05) is 13.0 Å². The van der Waals surface area contributed by atoms with E-state index >= 15 is 0 Å². The molecule has 1 rings (SSSR count). The highest BCUT2D eigenvalue weighted by atomic mass is 32.2. The predicted octanol–water partition coefficient (Wildman–Crippen LogP) is 1.38. The lowest BCUT2D eigenvalue weighted by atomic mass is 9.90. The first kappa shape index (κ1) is 15.9. The van der Waals surface area contributed by atoms with Crippen molar-refractivity contribution in [2.75, 3.05) is 12.8 Å². The van der Waals surface area contributed by atoms with Crippen LogP contribution in [-0.4, -0.2) is 32.5 Å². The van der Waals surface area contributed by atoms with Crippen LogP contribution < -0.4 is 4.72 Å². The molecule has 0 heterocycles. The standard InChI is InChI=1S/C11H14F3NO3S/c1-19(17,18)15-8-7-10(16,11(12,13)14)9-5-3-2-4-6-9/h2-6,15-16H,7-8H2,1H3/t10-/m0/s1. The molecule has 0 aliphatic carbocycles. The van der Waals surface area contributed by atoms with Crippen LogP contribution in [0.5, 0.6) is 0 Å². The molecule has 4 nitrogen and oxygen atoms in total. The van der Waals surface area contributed by atoms with Gasteiger partial charge in [-0.15, -0.1) is 0 Å². The molecule has 0 aromatic heterocycles. The number of alkyl halides is 3. The Kier molecular flexibility index (Phi) is 4.59. The summed E-state index contributed by atoms with van der Waals surface area (Å²) in [6.07, 6.45) is -4.86. The number of sulfonamides is 1. The number of hydrogen-bond acceptors (Lipinski definition) is 3. The van der Waals surface area contributed by atoms with E-state index in [2.05, 4.69) is 0 Å². The van der Waals surface area contributed by atoms with Crippen LogP contribution in [0, 0.1) is 0 Å². The van der Waals surface area contributed by atoms with Gasteiger partial charge in [-0.05, 0) is 5.56 Å². The summed E-state index contributed by atoms with van der Waals surface area (Å²) in [4.78, 5) is 0. The summed E-state index contributed by atoms with van der Waals surface area (Å²) in [5, 5.41) is 9.86. The third-order valence-corrected chi connectivity index (χ3v) is 3.30. The molecule has 0 unspecified atom stereocenters. The van der Waals surface area contributed by atoms with E-state index in [1.54, 1.807) is 0 Å². The molecule has 0 radical (unpaired) electrons. The van der Waals surface area contributed by atoms with Crippen molar-refractivity contribution in [3.63, 3.8) is 0 Å². The molecule has 8 heteroatoms. The average Bonchev–Trinajstić information content (AvgIpc) is 2.26. The topological polar surface area (TPSA) is 66.4 Å². The van der Waals surface area contributed by atoms with Crippen LogP contribution >= 0.6 is 0 Å². The van der Waals surface area contributed by atoms with Crippen molar-refractivity contribution in [3.05, 3.63) is 35.9 Å². The van der Waals surface area contributed by atoms with Gasteiger partial charge >= 0.3 is 6.18 Å². The molecule has 1 atom stereocenters. The molecule has 0 aliphatic rings. The van der Waals surface area contributed by atoms with E-state index in [-0.39, 0.29) is 5.56 Å². The highest BCUT2D eigenvalue weighted by Crippen LogP contribution is 2.41. The lowest BCUT2D eigenvalue weighted by Crippen LogP contribution is -2.44. The minimum Gasteiger partial charge on any atom is -0.376 e. The second kappa shape index (κ2) is 5.48. The van der Waals surface area contributed by atoms with E-state index in [0.717, 1.165) is 18.4 Å². The number of aliphatic hydroxyl groups is 1. The fourth-order valence-corrected chi connectivity index (χ4v) is 2.05. The fraction of sp³-hybridized carbons (Fsp3) is 0.455. The number of rotatable bonds is 5. The lowest BCUT2D eigenvalue weighted by Gasteiger charge is -2.31. The van der Waals surface area contributed by atoms with Gasteiger partial charge in [0.05, 0.1) is 6.26 Å². The van der Waals surface area contributed by atoms with Gasteiger partial charge in [-0.1, -0.05) is 30.3 Å². The van der Waals surface area contributed by atoms with Gasteiger partial charge in [-0.3, -0.25) is 0 Å². The minimum absolute atomic E-state index is 0.321. The fourth-order valence-electron chi connectivity index (χ4n) is 1.58. The van der Waals surface area contributed by atoms with Crippen LogP contribution in [-0.2, 0) is 15.6 Å².